The summed E-state index contributed by atoms with van der Waals surface area (Å²) in [5, 5.41) is 3.47. The molecule has 2 heterocycles. The number of rotatable bonds is 3. The van der Waals surface area contributed by atoms with Gasteiger partial charge in [-0.05, 0) is 26.0 Å². The second kappa shape index (κ2) is 5.79. The van der Waals surface area contributed by atoms with Crippen LogP contribution < -0.4 is 5.32 Å². The van der Waals surface area contributed by atoms with Crippen LogP contribution in [-0.2, 0) is 4.74 Å². The summed E-state index contributed by atoms with van der Waals surface area (Å²) in [5.74, 6) is -0.473. The van der Waals surface area contributed by atoms with Crippen molar-refractivity contribution in [2.45, 2.75) is 13.8 Å². The minimum Gasteiger partial charge on any atom is -0.465 e. The lowest BCUT2D eigenvalue weighted by Gasteiger charge is -2.04. The van der Waals surface area contributed by atoms with E-state index in [2.05, 4.69) is 20.0 Å². The van der Waals surface area contributed by atoms with E-state index in [0.29, 0.717) is 22.0 Å². The number of pyridine rings is 1. The summed E-state index contributed by atoms with van der Waals surface area (Å²) in [6.45, 7) is 3.61. The quantitative estimate of drug-likeness (QED) is 0.877. The van der Waals surface area contributed by atoms with Crippen molar-refractivity contribution in [3.8, 4) is 0 Å². The first kappa shape index (κ1) is 14.1. The van der Waals surface area contributed by atoms with Crippen molar-refractivity contribution in [1.29, 1.82) is 0 Å². The van der Waals surface area contributed by atoms with Gasteiger partial charge >= 0.3 is 5.97 Å². The highest BCUT2D eigenvalue weighted by atomic mass is 32.1. The summed E-state index contributed by atoms with van der Waals surface area (Å²) in [6.07, 6.45) is 1.44. The van der Waals surface area contributed by atoms with Crippen LogP contribution in [0.2, 0.25) is 0 Å². The lowest BCUT2D eigenvalue weighted by Crippen LogP contribution is -2.13. The predicted octanol–water partition coefficient (Wildman–Crippen LogP) is 2.19. The molecule has 0 aliphatic carbocycles. The molecule has 20 heavy (non-hydrogen) atoms. The van der Waals surface area contributed by atoms with Crippen molar-refractivity contribution >= 4 is 29.0 Å². The van der Waals surface area contributed by atoms with E-state index >= 15 is 0 Å². The van der Waals surface area contributed by atoms with E-state index in [1.54, 1.807) is 6.92 Å². The molecule has 2 aromatic rings. The van der Waals surface area contributed by atoms with Crippen molar-refractivity contribution in [2.24, 2.45) is 0 Å². The minimum absolute atomic E-state index is 0.289. The van der Waals surface area contributed by atoms with Crippen LogP contribution in [0.25, 0.3) is 0 Å². The number of thiazole rings is 1. The van der Waals surface area contributed by atoms with Crippen LogP contribution >= 0.6 is 11.3 Å². The molecule has 0 aliphatic heterocycles. The molecule has 0 spiro atoms. The highest BCUT2D eigenvalue weighted by Gasteiger charge is 2.15. The zero-order valence-corrected chi connectivity index (χ0v) is 12.1. The number of aromatic nitrogens is 2. The van der Waals surface area contributed by atoms with Gasteiger partial charge in [0.2, 0.25) is 0 Å². The number of amides is 1. The van der Waals surface area contributed by atoms with Crippen LogP contribution in [0.5, 0.6) is 0 Å². The Morgan fingerprint density at radius 1 is 1.35 bits per heavy atom. The average Bonchev–Trinajstić information content (AvgIpc) is 2.77. The van der Waals surface area contributed by atoms with Gasteiger partial charge < -0.3 is 10.1 Å². The second-order valence-electron chi connectivity index (χ2n) is 4.02. The molecule has 0 saturated heterocycles. The Morgan fingerprint density at radius 2 is 2.10 bits per heavy atom. The third-order valence-electron chi connectivity index (χ3n) is 2.53. The predicted molar refractivity (Wildman–Crippen MR) is 75.1 cm³/mol. The maximum Gasteiger partial charge on any atom is 0.338 e. The number of esters is 1. The summed E-state index contributed by atoms with van der Waals surface area (Å²) in [5.41, 5.74) is 1.00. The molecule has 0 saturated carbocycles. The fourth-order valence-corrected chi connectivity index (χ4v) is 2.47. The van der Waals surface area contributed by atoms with Gasteiger partial charge in [-0.1, -0.05) is 0 Å². The van der Waals surface area contributed by atoms with Crippen LogP contribution in [0.3, 0.4) is 0 Å². The molecule has 104 valence electrons. The number of carbonyl (C=O) groups is 2. The van der Waals surface area contributed by atoms with Crippen LogP contribution in [0, 0.1) is 13.8 Å². The maximum atomic E-state index is 12.1. The van der Waals surface area contributed by atoms with Crippen LogP contribution in [0.1, 0.15) is 30.7 Å². The number of anilines is 1. The minimum atomic E-state index is -0.479. The van der Waals surface area contributed by atoms with Crippen molar-refractivity contribution in [1.82, 2.24) is 9.97 Å². The molecule has 2 rings (SSSR count). The zero-order valence-electron chi connectivity index (χ0n) is 11.3. The maximum absolute atomic E-state index is 12.1. The Morgan fingerprint density at radius 3 is 2.70 bits per heavy atom. The molecule has 0 fully saturated rings. The molecule has 2 aromatic heterocycles. The van der Waals surface area contributed by atoms with E-state index < -0.39 is 5.97 Å². The number of aryl methyl sites for hydroxylation is 2. The Labute approximate surface area is 119 Å². The molecule has 0 atom stereocenters. The molecular formula is C13H13N3O3S. The van der Waals surface area contributed by atoms with Gasteiger partial charge in [-0.3, -0.25) is 4.79 Å². The third-order valence-corrected chi connectivity index (χ3v) is 3.60. The molecule has 1 N–H and O–H groups in total. The van der Waals surface area contributed by atoms with E-state index in [4.69, 9.17) is 0 Å². The SMILES string of the molecule is COC(=O)c1ccnc(NC(=O)c2sc(C)nc2C)c1. The normalized spacial score (nSPS) is 10.2. The number of carbonyl (C=O) groups excluding carboxylic acids is 2. The lowest BCUT2D eigenvalue weighted by molar-refractivity contribution is 0.0600. The molecule has 0 aromatic carbocycles. The zero-order chi connectivity index (χ0) is 14.7. The van der Waals surface area contributed by atoms with Gasteiger partial charge in [-0.15, -0.1) is 11.3 Å². The molecular weight excluding hydrogens is 278 g/mol. The first-order chi connectivity index (χ1) is 9.51. The van der Waals surface area contributed by atoms with E-state index in [0.717, 1.165) is 5.01 Å². The van der Waals surface area contributed by atoms with E-state index in [9.17, 15) is 9.59 Å². The van der Waals surface area contributed by atoms with E-state index in [1.165, 1.54) is 36.8 Å². The number of hydrogen-bond donors (Lipinski definition) is 1. The van der Waals surface area contributed by atoms with Gasteiger partial charge in [-0.25, -0.2) is 14.8 Å². The highest BCUT2D eigenvalue weighted by molar-refractivity contribution is 7.13. The van der Waals surface area contributed by atoms with Crippen molar-refractivity contribution in [2.75, 3.05) is 12.4 Å². The monoisotopic (exact) mass is 291 g/mol. The van der Waals surface area contributed by atoms with Gasteiger partial charge in [0, 0.05) is 6.20 Å². The Hall–Kier alpha value is -2.28. The van der Waals surface area contributed by atoms with E-state index in [-0.39, 0.29) is 5.91 Å². The third kappa shape index (κ3) is 3.00. The number of nitrogens with zero attached hydrogens (tertiary/aromatic N) is 2. The summed E-state index contributed by atoms with van der Waals surface area (Å²) >= 11 is 1.31. The largest absolute Gasteiger partial charge is 0.465 e. The van der Waals surface area contributed by atoms with Crippen LogP contribution in [0.4, 0.5) is 5.82 Å². The molecule has 0 bridgehead atoms. The first-order valence-corrected chi connectivity index (χ1v) is 6.62. The standard InChI is InChI=1S/C13H13N3O3S/c1-7-11(20-8(2)15-7)12(17)16-10-6-9(4-5-14-10)13(18)19-3/h4-6H,1-3H3,(H,14,16,17). The molecule has 0 radical (unpaired) electrons. The fraction of sp³-hybridized carbons (Fsp3) is 0.231. The summed E-state index contributed by atoms with van der Waals surface area (Å²) < 4.78 is 4.62. The smallest absolute Gasteiger partial charge is 0.338 e. The van der Waals surface area contributed by atoms with Gasteiger partial charge in [0.25, 0.3) is 5.91 Å². The Kier molecular flexibility index (Phi) is 4.09. The van der Waals surface area contributed by atoms with Gasteiger partial charge in [0.05, 0.1) is 23.4 Å². The van der Waals surface area contributed by atoms with Gasteiger partial charge in [0.15, 0.2) is 0 Å². The summed E-state index contributed by atoms with van der Waals surface area (Å²) in [6, 6.07) is 2.98. The Balaban J connectivity index is 2.20. The van der Waals surface area contributed by atoms with E-state index in [1.807, 2.05) is 6.92 Å². The highest BCUT2D eigenvalue weighted by Crippen LogP contribution is 2.18. The molecule has 6 nitrogen and oxygen atoms in total. The topological polar surface area (TPSA) is 81.2 Å². The number of ether oxygens (including phenoxy) is 1. The van der Waals surface area contributed by atoms with Crippen molar-refractivity contribution < 1.29 is 14.3 Å². The number of methoxy groups -OCH3 is 1. The molecule has 7 heteroatoms. The van der Waals surface area contributed by atoms with Crippen LogP contribution in [0.15, 0.2) is 18.3 Å². The first-order valence-electron chi connectivity index (χ1n) is 5.81. The summed E-state index contributed by atoms with van der Waals surface area (Å²) in [7, 11) is 1.30. The summed E-state index contributed by atoms with van der Waals surface area (Å²) in [4.78, 5) is 32.2. The van der Waals surface area contributed by atoms with Gasteiger partial charge in [-0.2, -0.15) is 0 Å². The molecule has 1 amide bonds. The second-order valence-corrected chi connectivity index (χ2v) is 5.23. The van der Waals surface area contributed by atoms with Gasteiger partial charge in [0.1, 0.15) is 10.7 Å². The molecule has 0 unspecified atom stereocenters. The lowest BCUT2D eigenvalue weighted by atomic mass is 10.2. The Bertz CT molecular complexity index is 667. The average molecular weight is 291 g/mol. The number of nitrogens with one attached hydrogen (secondary N) is 1. The van der Waals surface area contributed by atoms with Crippen molar-refractivity contribution in [3.63, 3.8) is 0 Å². The fourth-order valence-electron chi connectivity index (χ4n) is 1.66. The molecule has 0 aliphatic rings. The number of hydrogen-bond acceptors (Lipinski definition) is 6. The van der Waals surface area contributed by atoms with Crippen LogP contribution in [-0.4, -0.2) is 29.0 Å². The van der Waals surface area contributed by atoms with Crippen molar-refractivity contribution in [3.05, 3.63) is 39.5 Å².